The Hall–Kier alpha value is -2.84. The average Bonchev–Trinajstić information content (AvgIpc) is 3.17. The third-order valence-electron chi connectivity index (χ3n) is 6.34. The van der Waals surface area contributed by atoms with Crippen molar-refractivity contribution in [2.45, 2.75) is 37.5 Å². The van der Waals surface area contributed by atoms with E-state index in [2.05, 4.69) is 11.2 Å². The van der Waals surface area contributed by atoms with Crippen LogP contribution in [0.25, 0.3) is 10.9 Å². The molecular formula is C23H27N3O4S. The number of nitrogens with two attached hydrogens (primary N) is 1. The number of amides is 1. The van der Waals surface area contributed by atoms with Gasteiger partial charge in [-0.15, -0.1) is 0 Å². The van der Waals surface area contributed by atoms with Crippen LogP contribution in [0, 0.1) is 13.8 Å². The molecule has 0 bridgehead atoms. The fourth-order valence-corrected chi connectivity index (χ4v) is 4.99. The van der Waals surface area contributed by atoms with Gasteiger partial charge in [0.05, 0.1) is 12.0 Å². The average molecular weight is 442 g/mol. The van der Waals surface area contributed by atoms with Gasteiger partial charge in [-0.05, 0) is 79.6 Å². The van der Waals surface area contributed by atoms with E-state index in [1.165, 1.54) is 17.7 Å². The summed E-state index contributed by atoms with van der Waals surface area (Å²) in [7, 11) is -2.22. The molecular weight excluding hydrogens is 414 g/mol. The van der Waals surface area contributed by atoms with E-state index >= 15 is 0 Å². The molecule has 164 valence electrons. The fraction of sp³-hybridized carbons (Fsp3) is 0.348. The standard InChI is InChI=1S/C23H27N3O4S/c1-14-10-18(31(24,28)29)12-19(15(14)2)23(27)26-8-6-16(7-9-26)21-13-25-22-5-4-17(30-3)11-20(21)22/h4-5,10-13,16,25H,6-9H2,1-3H3,(H2,24,28,29). The Bertz CT molecular complexity index is 1260. The van der Waals surface area contributed by atoms with E-state index in [4.69, 9.17) is 9.88 Å². The lowest BCUT2D eigenvalue weighted by atomic mass is 9.88. The van der Waals surface area contributed by atoms with Crippen LogP contribution in [0.4, 0.5) is 0 Å². The monoisotopic (exact) mass is 441 g/mol. The Labute approximate surface area is 182 Å². The van der Waals surface area contributed by atoms with Crippen molar-refractivity contribution < 1.29 is 17.9 Å². The molecule has 2 aromatic carbocycles. The van der Waals surface area contributed by atoms with E-state index in [1.54, 1.807) is 18.9 Å². The quantitative estimate of drug-likeness (QED) is 0.647. The number of nitrogens with one attached hydrogen (secondary N) is 1. The Morgan fingerprint density at radius 1 is 1.16 bits per heavy atom. The van der Waals surface area contributed by atoms with Crippen molar-refractivity contribution in [3.05, 3.63) is 58.8 Å². The normalized spacial score (nSPS) is 15.4. The van der Waals surface area contributed by atoms with Gasteiger partial charge in [0.15, 0.2) is 0 Å². The number of methoxy groups -OCH3 is 1. The number of carbonyl (C=O) groups excluding carboxylic acids is 1. The predicted molar refractivity (Wildman–Crippen MR) is 120 cm³/mol. The van der Waals surface area contributed by atoms with E-state index in [0.29, 0.717) is 24.6 Å². The van der Waals surface area contributed by atoms with Crippen molar-refractivity contribution in [3.8, 4) is 5.75 Å². The third-order valence-corrected chi connectivity index (χ3v) is 7.24. The molecule has 2 heterocycles. The van der Waals surface area contributed by atoms with Crippen molar-refractivity contribution >= 4 is 26.8 Å². The number of sulfonamides is 1. The van der Waals surface area contributed by atoms with E-state index in [0.717, 1.165) is 40.6 Å². The van der Waals surface area contributed by atoms with Gasteiger partial charge in [-0.1, -0.05) is 0 Å². The number of H-pyrrole nitrogens is 1. The lowest BCUT2D eigenvalue weighted by molar-refractivity contribution is 0.0712. The zero-order valence-electron chi connectivity index (χ0n) is 17.9. The van der Waals surface area contributed by atoms with Crippen LogP contribution in [0.3, 0.4) is 0 Å². The summed E-state index contributed by atoms with van der Waals surface area (Å²) in [5.41, 5.74) is 4.23. The second-order valence-corrected chi connectivity index (χ2v) is 9.74. The number of primary sulfonamides is 1. The van der Waals surface area contributed by atoms with E-state index in [1.807, 2.05) is 25.1 Å². The molecule has 1 aliphatic rings. The van der Waals surface area contributed by atoms with Crippen LogP contribution < -0.4 is 9.88 Å². The zero-order valence-corrected chi connectivity index (χ0v) is 18.8. The first-order chi connectivity index (χ1) is 14.7. The first-order valence-electron chi connectivity index (χ1n) is 10.3. The van der Waals surface area contributed by atoms with Crippen LogP contribution in [-0.4, -0.2) is 44.4 Å². The number of piperidine rings is 1. The predicted octanol–water partition coefficient (Wildman–Crippen LogP) is 3.46. The lowest BCUT2D eigenvalue weighted by Gasteiger charge is -2.32. The van der Waals surface area contributed by atoms with Crippen LogP contribution in [0.1, 0.15) is 45.8 Å². The van der Waals surface area contributed by atoms with Gasteiger partial charge in [-0.2, -0.15) is 0 Å². The topological polar surface area (TPSA) is 105 Å². The molecule has 0 aliphatic carbocycles. The molecule has 0 unspecified atom stereocenters. The highest BCUT2D eigenvalue weighted by Gasteiger charge is 2.28. The van der Waals surface area contributed by atoms with Crippen LogP contribution in [0.2, 0.25) is 0 Å². The molecule has 4 rings (SSSR count). The van der Waals surface area contributed by atoms with Gasteiger partial charge in [0, 0.05) is 35.8 Å². The van der Waals surface area contributed by atoms with Gasteiger partial charge in [-0.25, -0.2) is 13.6 Å². The van der Waals surface area contributed by atoms with Crippen molar-refractivity contribution in [1.29, 1.82) is 0 Å². The van der Waals surface area contributed by atoms with Gasteiger partial charge in [0.25, 0.3) is 5.91 Å². The number of hydrogen-bond donors (Lipinski definition) is 2. The molecule has 7 nitrogen and oxygen atoms in total. The molecule has 31 heavy (non-hydrogen) atoms. The number of benzene rings is 2. The molecule has 1 aromatic heterocycles. The summed E-state index contributed by atoms with van der Waals surface area (Å²) >= 11 is 0. The number of ether oxygens (including phenoxy) is 1. The minimum atomic E-state index is -3.88. The summed E-state index contributed by atoms with van der Waals surface area (Å²) in [5.74, 6) is 1.01. The van der Waals surface area contributed by atoms with Crippen molar-refractivity contribution in [2.75, 3.05) is 20.2 Å². The summed E-state index contributed by atoms with van der Waals surface area (Å²) in [6.45, 7) is 4.84. The van der Waals surface area contributed by atoms with Crippen molar-refractivity contribution in [1.82, 2.24) is 9.88 Å². The van der Waals surface area contributed by atoms with E-state index < -0.39 is 10.0 Å². The summed E-state index contributed by atoms with van der Waals surface area (Å²) in [6.07, 6.45) is 3.72. The van der Waals surface area contributed by atoms with Crippen LogP contribution in [0.15, 0.2) is 41.4 Å². The highest BCUT2D eigenvalue weighted by molar-refractivity contribution is 7.89. The highest BCUT2D eigenvalue weighted by Crippen LogP contribution is 2.35. The van der Waals surface area contributed by atoms with Gasteiger partial charge in [-0.3, -0.25) is 4.79 Å². The number of likely N-dealkylation sites (tertiary alicyclic amines) is 1. The first-order valence-corrected chi connectivity index (χ1v) is 11.8. The maximum atomic E-state index is 13.2. The molecule has 0 radical (unpaired) electrons. The Morgan fingerprint density at radius 2 is 1.87 bits per heavy atom. The molecule has 1 aliphatic heterocycles. The molecule has 1 amide bonds. The molecule has 3 aromatic rings. The summed E-state index contributed by atoms with van der Waals surface area (Å²) < 4.78 is 29.0. The smallest absolute Gasteiger partial charge is 0.254 e. The number of rotatable bonds is 4. The third kappa shape index (κ3) is 4.05. The Kier molecular flexibility index (Phi) is 5.53. The molecule has 8 heteroatoms. The second kappa shape index (κ2) is 8.01. The van der Waals surface area contributed by atoms with E-state index in [-0.39, 0.29) is 10.8 Å². The van der Waals surface area contributed by atoms with Gasteiger partial charge < -0.3 is 14.6 Å². The summed E-state index contributed by atoms with van der Waals surface area (Å²) in [4.78, 5) is 18.3. The number of hydrogen-bond acceptors (Lipinski definition) is 4. The number of aromatic nitrogens is 1. The van der Waals surface area contributed by atoms with Crippen LogP contribution in [-0.2, 0) is 10.0 Å². The summed E-state index contributed by atoms with van der Waals surface area (Å²) in [5, 5.41) is 6.45. The molecule has 3 N–H and O–H groups in total. The molecule has 0 saturated carbocycles. The maximum absolute atomic E-state index is 13.2. The number of aryl methyl sites for hydroxylation is 1. The highest BCUT2D eigenvalue weighted by atomic mass is 32.2. The lowest BCUT2D eigenvalue weighted by Crippen LogP contribution is -2.38. The van der Waals surface area contributed by atoms with Gasteiger partial charge >= 0.3 is 0 Å². The molecule has 0 spiro atoms. The number of aromatic amines is 1. The number of nitrogens with zero attached hydrogens (tertiary/aromatic N) is 1. The zero-order chi connectivity index (χ0) is 22.3. The van der Waals surface area contributed by atoms with E-state index in [9.17, 15) is 13.2 Å². The second-order valence-electron chi connectivity index (χ2n) is 8.18. The van der Waals surface area contributed by atoms with Crippen LogP contribution >= 0.6 is 0 Å². The number of fused-ring (bicyclic) bond motifs is 1. The SMILES string of the molecule is COc1ccc2[nH]cc(C3CCN(C(=O)c4cc(S(N)(=O)=O)cc(C)c4C)CC3)c2c1. The number of carbonyl (C=O) groups is 1. The van der Waals surface area contributed by atoms with Crippen molar-refractivity contribution in [2.24, 2.45) is 5.14 Å². The van der Waals surface area contributed by atoms with Crippen molar-refractivity contribution in [3.63, 3.8) is 0 Å². The molecule has 1 saturated heterocycles. The molecule has 0 atom stereocenters. The Morgan fingerprint density at radius 3 is 2.52 bits per heavy atom. The fourth-order valence-electron chi connectivity index (χ4n) is 4.36. The minimum Gasteiger partial charge on any atom is -0.497 e. The minimum absolute atomic E-state index is 0.0263. The largest absolute Gasteiger partial charge is 0.497 e. The summed E-state index contributed by atoms with van der Waals surface area (Å²) in [6, 6.07) is 8.91. The van der Waals surface area contributed by atoms with Gasteiger partial charge in [0.1, 0.15) is 5.75 Å². The Balaban J connectivity index is 1.55. The van der Waals surface area contributed by atoms with Gasteiger partial charge in [0.2, 0.25) is 10.0 Å². The first kappa shape index (κ1) is 21.4. The maximum Gasteiger partial charge on any atom is 0.254 e. The van der Waals surface area contributed by atoms with Crippen LogP contribution in [0.5, 0.6) is 5.75 Å². The molecule has 1 fully saturated rings.